The number of nitrogens with two attached hydrogens (primary N) is 1. The third-order valence-electron chi connectivity index (χ3n) is 0.434. The molecule has 0 aromatic heterocycles. The van der Waals surface area contributed by atoms with E-state index >= 15 is 0 Å². The average molecular weight is 110 g/mol. The van der Waals surface area contributed by atoms with Crippen LogP contribution in [-0.4, -0.2) is 16.7 Å². The molecule has 2 atom stereocenters. The van der Waals surface area contributed by atoms with Crippen molar-refractivity contribution in [2.24, 2.45) is 5.73 Å². The van der Waals surface area contributed by atoms with Crippen LogP contribution in [0.15, 0.2) is 0 Å². The maximum Gasteiger partial charge on any atom is 0.142 e. The maximum absolute atomic E-state index is 8.27. The predicted molar refractivity (Wildman–Crippen MR) is 25.5 cm³/mol. The molecular weight excluding hydrogens is 101 g/mol. The van der Waals surface area contributed by atoms with Crippen molar-refractivity contribution < 1.29 is 5.11 Å². The topological polar surface area (TPSA) is 46.2 Å². The number of aliphatic hydroxyl groups excluding tert-OH is 1. The Hall–Kier alpha value is 0.210. The minimum atomic E-state index is -0.898. The zero-order valence-electron chi connectivity index (χ0n) is 3.56. The molecule has 38 valence electrons. The first kappa shape index (κ1) is 6.21. The summed E-state index contributed by atoms with van der Waals surface area (Å²) in [5.41, 5.74) is 4.16. The molecule has 0 heterocycles. The van der Waals surface area contributed by atoms with Gasteiger partial charge in [0.1, 0.15) is 5.56 Å². The standard InChI is InChI=1S/C3H8ClNO/c1-2(5)3(4)6/h2-3,6H,5H2,1H3. The molecule has 2 unspecified atom stereocenters. The van der Waals surface area contributed by atoms with Gasteiger partial charge < -0.3 is 10.8 Å². The molecule has 0 amide bonds. The van der Waals surface area contributed by atoms with E-state index in [0.717, 1.165) is 0 Å². The fourth-order valence-corrected chi connectivity index (χ4v) is 0. The van der Waals surface area contributed by atoms with Crippen LogP contribution in [0.2, 0.25) is 0 Å². The van der Waals surface area contributed by atoms with Gasteiger partial charge in [-0.05, 0) is 6.92 Å². The zero-order chi connectivity index (χ0) is 5.15. The van der Waals surface area contributed by atoms with Crippen molar-refractivity contribution in [2.45, 2.75) is 18.5 Å². The lowest BCUT2D eigenvalue weighted by Crippen LogP contribution is -2.26. The summed E-state index contributed by atoms with van der Waals surface area (Å²) < 4.78 is 0. The largest absolute Gasteiger partial charge is 0.376 e. The van der Waals surface area contributed by atoms with Crippen LogP contribution in [0.3, 0.4) is 0 Å². The molecule has 0 fully saturated rings. The molecule has 2 nitrogen and oxygen atoms in total. The van der Waals surface area contributed by atoms with Crippen LogP contribution in [0.1, 0.15) is 6.92 Å². The Kier molecular flexibility index (Phi) is 2.48. The normalized spacial score (nSPS) is 20.0. The Labute approximate surface area is 41.9 Å². The summed E-state index contributed by atoms with van der Waals surface area (Å²) in [7, 11) is 0. The summed E-state index contributed by atoms with van der Waals surface area (Å²) >= 11 is 5.04. The van der Waals surface area contributed by atoms with E-state index in [0.29, 0.717) is 0 Å². The van der Waals surface area contributed by atoms with Gasteiger partial charge in [0.25, 0.3) is 0 Å². The van der Waals surface area contributed by atoms with Crippen molar-refractivity contribution in [3.63, 3.8) is 0 Å². The number of hydrogen-bond acceptors (Lipinski definition) is 2. The molecule has 0 saturated heterocycles. The summed E-state index contributed by atoms with van der Waals surface area (Å²) in [6, 6.07) is -0.327. The molecule has 0 aromatic rings. The molecule has 0 aliphatic heterocycles. The van der Waals surface area contributed by atoms with Gasteiger partial charge in [-0.3, -0.25) is 0 Å². The van der Waals surface area contributed by atoms with Crippen molar-refractivity contribution in [3.8, 4) is 0 Å². The Morgan fingerprint density at radius 3 is 2.00 bits per heavy atom. The third-order valence-corrected chi connectivity index (χ3v) is 0.831. The van der Waals surface area contributed by atoms with E-state index < -0.39 is 5.56 Å². The van der Waals surface area contributed by atoms with Gasteiger partial charge in [-0.1, -0.05) is 11.6 Å². The Bertz CT molecular complexity index is 31.8. The van der Waals surface area contributed by atoms with E-state index in [4.69, 9.17) is 22.4 Å². The molecule has 0 spiro atoms. The highest BCUT2D eigenvalue weighted by Crippen LogP contribution is 1.91. The predicted octanol–water partition coefficient (Wildman–Crippen LogP) is -0.109. The Morgan fingerprint density at radius 2 is 2.00 bits per heavy atom. The monoisotopic (exact) mass is 109 g/mol. The third kappa shape index (κ3) is 2.45. The van der Waals surface area contributed by atoms with Gasteiger partial charge in [-0.2, -0.15) is 0 Å². The average Bonchev–Trinajstić information content (AvgIpc) is 1.36. The molecule has 0 aliphatic rings. The van der Waals surface area contributed by atoms with E-state index in [1.54, 1.807) is 6.92 Å². The summed E-state index contributed by atoms with van der Waals surface area (Å²) in [4.78, 5) is 0. The van der Waals surface area contributed by atoms with E-state index in [9.17, 15) is 0 Å². The lowest BCUT2D eigenvalue weighted by atomic mass is 10.4. The van der Waals surface area contributed by atoms with Gasteiger partial charge in [0.05, 0.1) is 0 Å². The quantitative estimate of drug-likeness (QED) is 0.462. The van der Waals surface area contributed by atoms with Crippen molar-refractivity contribution in [3.05, 3.63) is 0 Å². The SMILES string of the molecule is CC(N)C(O)Cl. The lowest BCUT2D eigenvalue weighted by Gasteiger charge is -2.02. The summed E-state index contributed by atoms with van der Waals surface area (Å²) in [5.74, 6) is 0. The number of alkyl halides is 1. The van der Waals surface area contributed by atoms with Crippen LogP contribution in [-0.2, 0) is 0 Å². The summed E-state index contributed by atoms with van der Waals surface area (Å²) in [6.07, 6.45) is 0. The van der Waals surface area contributed by atoms with Crippen LogP contribution in [0, 0.1) is 0 Å². The molecule has 3 N–H and O–H groups in total. The summed E-state index contributed by atoms with van der Waals surface area (Å²) in [5, 5.41) is 8.27. The van der Waals surface area contributed by atoms with Crippen LogP contribution in [0.25, 0.3) is 0 Å². The van der Waals surface area contributed by atoms with Gasteiger partial charge in [0.2, 0.25) is 0 Å². The van der Waals surface area contributed by atoms with Crippen LogP contribution in [0.5, 0.6) is 0 Å². The highest BCUT2D eigenvalue weighted by Gasteiger charge is 2.00. The zero-order valence-corrected chi connectivity index (χ0v) is 4.31. The van der Waals surface area contributed by atoms with E-state index in [1.807, 2.05) is 0 Å². The van der Waals surface area contributed by atoms with Gasteiger partial charge in [-0.15, -0.1) is 0 Å². The highest BCUT2D eigenvalue weighted by atomic mass is 35.5. The molecule has 0 saturated carbocycles. The van der Waals surface area contributed by atoms with Crippen molar-refractivity contribution in [1.29, 1.82) is 0 Å². The second-order valence-corrected chi connectivity index (χ2v) is 1.68. The van der Waals surface area contributed by atoms with Crippen molar-refractivity contribution in [1.82, 2.24) is 0 Å². The van der Waals surface area contributed by atoms with E-state index in [1.165, 1.54) is 0 Å². The van der Waals surface area contributed by atoms with Gasteiger partial charge in [0, 0.05) is 6.04 Å². The molecular formula is C3H8ClNO. The first-order chi connectivity index (χ1) is 2.64. The molecule has 0 bridgehead atoms. The minimum absolute atomic E-state index is 0.327. The smallest absolute Gasteiger partial charge is 0.142 e. The first-order valence-corrected chi connectivity index (χ1v) is 2.16. The molecule has 0 rings (SSSR count). The molecule has 0 aromatic carbocycles. The fraction of sp³-hybridized carbons (Fsp3) is 1.00. The van der Waals surface area contributed by atoms with Gasteiger partial charge in [-0.25, -0.2) is 0 Å². The molecule has 3 heteroatoms. The Balaban J connectivity index is 2.99. The molecule has 0 radical (unpaired) electrons. The van der Waals surface area contributed by atoms with Gasteiger partial charge >= 0.3 is 0 Å². The van der Waals surface area contributed by atoms with Crippen LogP contribution >= 0.6 is 11.6 Å². The summed E-state index contributed by atoms with van der Waals surface area (Å²) in [6.45, 7) is 1.64. The second-order valence-electron chi connectivity index (χ2n) is 1.23. The van der Waals surface area contributed by atoms with Crippen molar-refractivity contribution >= 4 is 11.6 Å². The number of hydrogen-bond donors (Lipinski definition) is 2. The fourth-order valence-electron chi connectivity index (χ4n) is 0. The van der Waals surface area contributed by atoms with E-state index in [2.05, 4.69) is 0 Å². The number of aliphatic hydroxyl groups is 1. The molecule has 6 heavy (non-hydrogen) atoms. The molecule has 0 aliphatic carbocycles. The van der Waals surface area contributed by atoms with Gasteiger partial charge in [0.15, 0.2) is 0 Å². The number of rotatable bonds is 1. The first-order valence-electron chi connectivity index (χ1n) is 1.72. The Morgan fingerprint density at radius 1 is 1.83 bits per heavy atom. The lowest BCUT2D eigenvalue weighted by molar-refractivity contribution is 0.231. The highest BCUT2D eigenvalue weighted by molar-refractivity contribution is 6.19. The van der Waals surface area contributed by atoms with E-state index in [-0.39, 0.29) is 6.04 Å². The van der Waals surface area contributed by atoms with Crippen molar-refractivity contribution in [2.75, 3.05) is 0 Å². The second kappa shape index (κ2) is 2.39. The van der Waals surface area contributed by atoms with Crippen LogP contribution < -0.4 is 5.73 Å². The maximum atomic E-state index is 8.27. The minimum Gasteiger partial charge on any atom is -0.376 e. The number of halogens is 1. The van der Waals surface area contributed by atoms with Crippen LogP contribution in [0.4, 0.5) is 0 Å².